The van der Waals surface area contributed by atoms with Crippen molar-refractivity contribution in [1.82, 2.24) is 9.80 Å². The van der Waals surface area contributed by atoms with Crippen molar-refractivity contribution in [3.8, 4) is 0 Å². The van der Waals surface area contributed by atoms with E-state index in [0.29, 0.717) is 0 Å². The monoisotopic (exact) mass is 274 g/mol. The van der Waals surface area contributed by atoms with Crippen LogP contribution in [0.5, 0.6) is 0 Å². The fourth-order valence-corrected chi connectivity index (χ4v) is 2.95. The number of nitrogens with zero attached hydrogens (tertiary/aromatic N) is 2. The van der Waals surface area contributed by atoms with Gasteiger partial charge in [0.15, 0.2) is 0 Å². The fourth-order valence-electron chi connectivity index (χ4n) is 2.95. The molecule has 1 unspecified atom stereocenters. The number of carbonyl (C=O) groups is 1. The minimum atomic E-state index is -0.810. The molecule has 0 aliphatic carbocycles. The molecule has 0 aromatic heterocycles. The van der Waals surface area contributed by atoms with Crippen LogP contribution in [0, 0.1) is 0 Å². The Morgan fingerprint density at radius 3 is 2.75 bits per heavy atom. The van der Waals surface area contributed by atoms with Crippen LogP contribution in [0.15, 0.2) is 24.3 Å². The first-order valence-electron chi connectivity index (χ1n) is 7.05. The van der Waals surface area contributed by atoms with Crippen LogP contribution in [0.3, 0.4) is 0 Å². The van der Waals surface area contributed by atoms with Crippen LogP contribution >= 0.6 is 0 Å². The summed E-state index contributed by atoms with van der Waals surface area (Å²) in [6, 6.07) is 7.82. The topological polar surface area (TPSA) is 53.0 Å². The maximum Gasteiger partial charge on any atom is 0.492 e. The highest BCUT2D eigenvalue weighted by atomic mass is 16.5. The van der Waals surface area contributed by atoms with E-state index in [1.54, 1.807) is 6.92 Å². The Bertz CT molecular complexity index is 503. The molecule has 3 rings (SSSR count). The second-order valence-electron chi connectivity index (χ2n) is 5.41. The van der Waals surface area contributed by atoms with Crippen LogP contribution in [-0.4, -0.2) is 60.6 Å². The third kappa shape index (κ3) is 2.59. The SMILES string of the molecule is CC(=O)N1CCN(CC2OB(O)c3ccccc32)CC1. The number of amides is 1. The summed E-state index contributed by atoms with van der Waals surface area (Å²) in [5.74, 6) is 0.141. The number of rotatable bonds is 2. The zero-order valence-corrected chi connectivity index (χ0v) is 11.7. The Hall–Kier alpha value is -1.37. The van der Waals surface area contributed by atoms with Crippen molar-refractivity contribution in [1.29, 1.82) is 0 Å². The van der Waals surface area contributed by atoms with Gasteiger partial charge in [-0.3, -0.25) is 9.69 Å². The maximum absolute atomic E-state index is 11.3. The molecule has 106 valence electrons. The summed E-state index contributed by atoms with van der Waals surface area (Å²) < 4.78 is 5.64. The third-order valence-corrected chi connectivity index (χ3v) is 4.14. The molecule has 1 atom stereocenters. The molecule has 0 bridgehead atoms. The van der Waals surface area contributed by atoms with E-state index in [2.05, 4.69) is 4.90 Å². The van der Waals surface area contributed by atoms with Gasteiger partial charge in [-0.25, -0.2) is 0 Å². The van der Waals surface area contributed by atoms with E-state index in [9.17, 15) is 9.82 Å². The summed E-state index contributed by atoms with van der Waals surface area (Å²) in [7, 11) is -0.810. The number of carbonyl (C=O) groups excluding carboxylic acids is 1. The average molecular weight is 274 g/mol. The van der Waals surface area contributed by atoms with Gasteiger partial charge >= 0.3 is 7.12 Å². The summed E-state index contributed by atoms with van der Waals surface area (Å²) in [4.78, 5) is 15.5. The fraction of sp³-hybridized carbons (Fsp3) is 0.500. The standard InChI is InChI=1S/C14H19BN2O3/c1-11(18)17-8-6-16(7-9-17)10-14-12-4-2-3-5-13(12)15(19)20-14/h2-5,14,19H,6-10H2,1H3. The van der Waals surface area contributed by atoms with E-state index >= 15 is 0 Å². The number of hydrogen-bond acceptors (Lipinski definition) is 4. The zero-order chi connectivity index (χ0) is 14.1. The highest BCUT2D eigenvalue weighted by Crippen LogP contribution is 2.24. The molecule has 2 heterocycles. The van der Waals surface area contributed by atoms with Crippen molar-refractivity contribution in [3.05, 3.63) is 29.8 Å². The van der Waals surface area contributed by atoms with E-state index in [0.717, 1.165) is 43.8 Å². The van der Waals surface area contributed by atoms with Gasteiger partial charge in [0.25, 0.3) is 0 Å². The molecule has 1 saturated heterocycles. The van der Waals surface area contributed by atoms with Gasteiger partial charge in [-0.1, -0.05) is 24.3 Å². The normalized spacial score (nSPS) is 23.0. The van der Waals surface area contributed by atoms with E-state index < -0.39 is 7.12 Å². The van der Waals surface area contributed by atoms with Crippen LogP contribution in [0.1, 0.15) is 18.6 Å². The minimum absolute atomic E-state index is 0.0786. The van der Waals surface area contributed by atoms with Crippen LogP contribution in [0.2, 0.25) is 0 Å². The molecule has 0 spiro atoms. The van der Waals surface area contributed by atoms with E-state index in [4.69, 9.17) is 4.65 Å². The highest BCUT2D eigenvalue weighted by Gasteiger charge is 2.35. The third-order valence-electron chi connectivity index (χ3n) is 4.14. The molecule has 5 nitrogen and oxygen atoms in total. The summed E-state index contributed by atoms with van der Waals surface area (Å²) >= 11 is 0. The van der Waals surface area contributed by atoms with E-state index in [1.165, 1.54) is 0 Å². The van der Waals surface area contributed by atoms with Crippen molar-refractivity contribution >= 4 is 18.5 Å². The second-order valence-corrected chi connectivity index (χ2v) is 5.41. The zero-order valence-electron chi connectivity index (χ0n) is 11.7. The van der Waals surface area contributed by atoms with Gasteiger partial charge in [0, 0.05) is 39.6 Å². The number of piperazine rings is 1. The van der Waals surface area contributed by atoms with Crippen LogP contribution in [0.25, 0.3) is 0 Å². The molecule has 1 fully saturated rings. The predicted molar refractivity (Wildman–Crippen MR) is 76.6 cm³/mol. The van der Waals surface area contributed by atoms with Gasteiger partial charge in [-0.2, -0.15) is 0 Å². The van der Waals surface area contributed by atoms with E-state index in [-0.39, 0.29) is 12.0 Å². The second kappa shape index (κ2) is 5.56. The van der Waals surface area contributed by atoms with Crippen molar-refractivity contribution in [2.75, 3.05) is 32.7 Å². The van der Waals surface area contributed by atoms with Crippen LogP contribution in [0.4, 0.5) is 0 Å². The summed E-state index contributed by atoms with van der Waals surface area (Å²) in [5, 5.41) is 9.90. The van der Waals surface area contributed by atoms with Gasteiger partial charge < -0.3 is 14.6 Å². The van der Waals surface area contributed by atoms with Crippen LogP contribution < -0.4 is 5.46 Å². The molecule has 0 saturated carbocycles. The molecule has 20 heavy (non-hydrogen) atoms. The maximum atomic E-state index is 11.3. The smallest absolute Gasteiger partial charge is 0.423 e. The molecule has 1 aromatic rings. The summed E-state index contributed by atoms with van der Waals surface area (Å²) in [6.07, 6.45) is -0.0786. The average Bonchev–Trinajstić information content (AvgIpc) is 2.77. The molecule has 2 aliphatic rings. The number of benzene rings is 1. The van der Waals surface area contributed by atoms with Gasteiger partial charge in [-0.05, 0) is 11.0 Å². The van der Waals surface area contributed by atoms with Gasteiger partial charge in [0.2, 0.25) is 5.91 Å². The lowest BCUT2D eigenvalue weighted by Gasteiger charge is -2.35. The van der Waals surface area contributed by atoms with Gasteiger partial charge in [0.05, 0.1) is 6.10 Å². The summed E-state index contributed by atoms with van der Waals surface area (Å²) in [6.45, 7) is 5.63. The molecule has 2 aliphatic heterocycles. The molecule has 1 amide bonds. The van der Waals surface area contributed by atoms with Crippen molar-refractivity contribution < 1.29 is 14.5 Å². The first-order chi connectivity index (χ1) is 9.65. The molecule has 0 radical (unpaired) electrons. The molecular formula is C14H19BN2O3. The van der Waals surface area contributed by atoms with Crippen molar-refractivity contribution in [2.45, 2.75) is 13.0 Å². The number of hydrogen-bond donors (Lipinski definition) is 1. The van der Waals surface area contributed by atoms with E-state index in [1.807, 2.05) is 29.2 Å². The van der Waals surface area contributed by atoms with Crippen molar-refractivity contribution in [3.63, 3.8) is 0 Å². The van der Waals surface area contributed by atoms with Gasteiger partial charge in [0.1, 0.15) is 0 Å². The van der Waals surface area contributed by atoms with Crippen LogP contribution in [-0.2, 0) is 9.45 Å². The lowest BCUT2D eigenvalue weighted by atomic mass is 9.79. The largest absolute Gasteiger partial charge is 0.492 e. The number of fused-ring (bicyclic) bond motifs is 1. The minimum Gasteiger partial charge on any atom is -0.423 e. The molecule has 6 heteroatoms. The Kier molecular flexibility index (Phi) is 3.78. The Morgan fingerprint density at radius 1 is 1.35 bits per heavy atom. The predicted octanol–water partition coefficient (Wildman–Crippen LogP) is -0.390. The highest BCUT2D eigenvalue weighted by molar-refractivity contribution is 6.61. The summed E-state index contributed by atoms with van der Waals surface area (Å²) in [5.41, 5.74) is 1.95. The van der Waals surface area contributed by atoms with Crippen molar-refractivity contribution in [2.24, 2.45) is 0 Å². The lowest BCUT2D eigenvalue weighted by Crippen LogP contribution is -2.49. The molecule has 1 N–H and O–H groups in total. The Labute approximate surface area is 119 Å². The lowest BCUT2D eigenvalue weighted by molar-refractivity contribution is -0.130. The molecular weight excluding hydrogens is 255 g/mol. The first-order valence-corrected chi connectivity index (χ1v) is 7.05. The quantitative estimate of drug-likeness (QED) is 0.746. The Morgan fingerprint density at radius 2 is 2.05 bits per heavy atom. The molecule has 1 aromatic carbocycles. The first kappa shape index (κ1) is 13.6. The Balaban J connectivity index is 1.62. The van der Waals surface area contributed by atoms with Gasteiger partial charge in [-0.15, -0.1) is 0 Å².